The van der Waals surface area contributed by atoms with Gasteiger partial charge in [0.1, 0.15) is 12.3 Å². The molecule has 2 heterocycles. The number of thiocarbonyl (C=S) groups is 1. The maximum Gasteiger partial charge on any atom is 0.276 e. The molecule has 1 saturated heterocycles. The fourth-order valence-electron chi connectivity index (χ4n) is 3.41. The van der Waals surface area contributed by atoms with Gasteiger partial charge in [-0.2, -0.15) is 0 Å². The van der Waals surface area contributed by atoms with E-state index in [-0.39, 0.29) is 17.5 Å². The summed E-state index contributed by atoms with van der Waals surface area (Å²) in [7, 11) is 0. The van der Waals surface area contributed by atoms with Crippen molar-refractivity contribution in [2.75, 3.05) is 13.2 Å². The van der Waals surface area contributed by atoms with Crippen molar-refractivity contribution in [2.45, 2.75) is 13.5 Å². The molecule has 3 aromatic rings. The number of halogens is 1. The summed E-state index contributed by atoms with van der Waals surface area (Å²) in [5, 5.41) is 4.43. The second-order valence-electron chi connectivity index (χ2n) is 6.61. The maximum absolute atomic E-state index is 13.7. The van der Waals surface area contributed by atoms with Crippen LogP contribution in [-0.2, 0) is 11.3 Å². The molecular weight excluding hydrogens is 389 g/mol. The van der Waals surface area contributed by atoms with Crippen LogP contribution in [0.5, 0.6) is 5.75 Å². The Morgan fingerprint density at radius 3 is 2.69 bits per heavy atom. The first kappa shape index (κ1) is 19.1. The van der Waals surface area contributed by atoms with Crippen LogP contribution in [0.4, 0.5) is 4.39 Å². The van der Waals surface area contributed by atoms with Crippen LogP contribution < -0.4 is 10.1 Å². The molecule has 4 rings (SSSR count). The van der Waals surface area contributed by atoms with E-state index in [9.17, 15) is 9.18 Å². The van der Waals surface area contributed by atoms with Gasteiger partial charge in [-0.1, -0.05) is 30.3 Å². The predicted molar refractivity (Wildman–Crippen MR) is 115 cm³/mol. The Morgan fingerprint density at radius 2 is 1.93 bits per heavy atom. The lowest BCUT2D eigenvalue weighted by Crippen LogP contribution is -2.30. The van der Waals surface area contributed by atoms with E-state index in [1.54, 1.807) is 18.2 Å². The number of para-hydroxylation sites is 2. The molecule has 1 aliphatic heterocycles. The number of benzene rings is 2. The molecule has 7 heteroatoms. The molecule has 1 amide bonds. The van der Waals surface area contributed by atoms with Crippen molar-refractivity contribution in [1.29, 1.82) is 0 Å². The van der Waals surface area contributed by atoms with Crippen LogP contribution in [0.1, 0.15) is 12.5 Å². The second-order valence-corrected chi connectivity index (χ2v) is 7.00. The number of hydrogen-bond acceptors (Lipinski definition) is 3. The fraction of sp³-hybridized carbons (Fsp3) is 0.182. The van der Waals surface area contributed by atoms with Crippen molar-refractivity contribution in [2.24, 2.45) is 0 Å². The molecule has 29 heavy (non-hydrogen) atoms. The normalized spacial score (nSPS) is 15.4. The lowest BCUT2D eigenvalue weighted by molar-refractivity contribution is -0.122. The van der Waals surface area contributed by atoms with Crippen LogP contribution in [0.25, 0.3) is 17.0 Å². The summed E-state index contributed by atoms with van der Waals surface area (Å²) in [6.45, 7) is 3.27. The number of likely N-dealkylation sites (N-methyl/N-ethyl adjacent to an activating group) is 1. The highest BCUT2D eigenvalue weighted by Gasteiger charge is 2.29. The molecule has 0 saturated carbocycles. The standard InChI is InChI=1S/C22H20FN3O2S/c1-2-26-21(27)18(24-22(26)29)13-15-14-25(19-9-5-3-7-16(15)19)11-12-28-20-10-6-4-8-17(20)23/h3-10,13-14H,2,11-12H2,1H3,(H,24,29)/b18-13-. The molecule has 148 valence electrons. The van der Waals surface area contributed by atoms with Crippen molar-refractivity contribution in [3.05, 3.63) is 71.8 Å². The maximum atomic E-state index is 13.7. The zero-order valence-corrected chi connectivity index (χ0v) is 16.7. The Kier molecular flexibility index (Phi) is 5.31. The Balaban J connectivity index is 1.59. The lowest BCUT2D eigenvalue weighted by atomic mass is 10.1. The van der Waals surface area contributed by atoms with Crippen molar-refractivity contribution in [3.63, 3.8) is 0 Å². The number of amides is 1. The highest BCUT2D eigenvalue weighted by Crippen LogP contribution is 2.25. The zero-order chi connectivity index (χ0) is 20.4. The Morgan fingerprint density at radius 1 is 1.17 bits per heavy atom. The molecule has 0 radical (unpaired) electrons. The first-order chi connectivity index (χ1) is 14.1. The molecule has 1 N–H and O–H groups in total. The molecular formula is C22H20FN3O2S. The highest BCUT2D eigenvalue weighted by molar-refractivity contribution is 7.80. The molecule has 1 aliphatic rings. The van der Waals surface area contributed by atoms with Gasteiger partial charge in [-0.15, -0.1) is 0 Å². The number of rotatable bonds is 6. The van der Waals surface area contributed by atoms with E-state index >= 15 is 0 Å². The molecule has 2 aromatic carbocycles. The Labute approximate surface area is 173 Å². The van der Waals surface area contributed by atoms with Gasteiger partial charge in [-0.3, -0.25) is 9.69 Å². The van der Waals surface area contributed by atoms with Crippen LogP contribution in [-0.4, -0.2) is 33.6 Å². The van der Waals surface area contributed by atoms with Gasteiger partial charge in [0.25, 0.3) is 5.91 Å². The minimum absolute atomic E-state index is 0.128. The summed E-state index contributed by atoms with van der Waals surface area (Å²) in [6.07, 6.45) is 3.79. The smallest absolute Gasteiger partial charge is 0.276 e. The molecule has 1 fully saturated rings. The van der Waals surface area contributed by atoms with Crippen LogP contribution >= 0.6 is 12.2 Å². The summed E-state index contributed by atoms with van der Waals surface area (Å²) < 4.78 is 21.4. The number of fused-ring (bicyclic) bond motifs is 1. The molecule has 0 bridgehead atoms. The van der Waals surface area contributed by atoms with Gasteiger partial charge in [0.15, 0.2) is 16.7 Å². The largest absolute Gasteiger partial charge is 0.489 e. The zero-order valence-electron chi connectivity index (χ0n) is 15.9. The summed E-state index contributed by atoms with van der Waals surface area (Å²) in [6, 6.07) is 14.3. The Bertz CT molecular complexity index is 1120. The number of hydrogen-bond donors (Lipinski definition) is 1. The van der Waals surface area contributed by atoms with Gasteiger partial charge < -0.3 is 14.6 Å². The summed E-state index contributed by atoms with van der Waals surface area (Å²) in [5.41, 5.74) is 2.38. The third-order valence-electron chi connectivity index (χ3n) is 4.82. The van der Waals surface area contributed by atoms with E-state index in [0.29, 0.717) is 30.5 Å². The van der Waals surface area contributed by atoms with Gasteiger partial charge in [0.2, 0.25) is 0 Å². The van der Waals surface area contributed by atoms with Crippen molar-refractivity contribution < 1.29 is 13.9 Å². The molecule has 0 spiro atoms. The SMILES string of the molecule is CCN1C(=O)/C(=C/c2cn(CCOc3ccccc3F)c3ccccc23)NC1=S. The molecule has 0 aliphatic carbocycles. The van der Waals surface area contributed by atoms with Crippen molar-refractivity contribution in [3.8, 4) is 5.75 Å². The molecule has 1 aromatic heterocycles. The third kappa shape index (κ3) is 3.73. The van der Waals surface area contributed by atoms with E-state index in [4.69, 9.17) is 17.0 Å². The minimum atomic E-state index is -0.377. The van der Waals surface area contributed by atoms with E-state index in [0.717, 1.165) is 16.5 Å². The average molecular weight is 409 g/mol. The molecule has 0 unspecified atom stereocenters. The Hall–Kier alpha value is -3.19. The van der Waals surface area contributed by atoms with E-state index in [1.807, 2.05) is 48.0 Å². The number of ether oxygens (including phenoxy) is 1. The van der Waals surface area contributed by atoms with Crippen LogP contribution in [0.3, 0.4) is 0 Å². The fourth-order valence-corrected chi connectivity index (χ4v) is 3.73. The monoisotopic (exact) mass is 409 g/mol. The molecule has 5 nitrogen and oxygen atoms in total. The topological polar surface area (TPSA) is 46.5 Å². The van der Waals surface area contributed by atoms with Gasteiger partial charge in [-0.25, -0.2) is 4.39 Å². The minimum Gasteiger partial charge on any atom is -0.489 e. The van der Waals surface area contributed by atoms with Crippen LogP contribution in [0.15, 0.2) is 60.4 Å². The quantitative estimate of drug-likeness (QED) is 0.495. The first-order valence-corrected chi connectivity index (χ1v) is 9.79. The van der Waals surface area contributed by atoms with Crippen LogP contribution in [0, 0.1) is 5.82 Å². The number of carbonyl (C=O) groups excluding carboxylic acids is 1. The number of aromatic nitrogens is 1. The van der Waals surface area contributed by atoms with Gasteiger partial charge in [0.05, 0.1) is 6.54 Å². The average Bonchev–Trinajstić information content (AvgIpc) is 3.20. The number of nitrogens with zero attached hydrogens (tertiary/aromatic N) is 2. The second kappa shape index (κ2) is 8.05. The van der Waals surface area contributed by atoms with E-state index in [1.165, 1.54) is 11.0 Å². The van der Waals surface area contributed by atoms with Gasteiger partial charge in [0, 0.05) is 29.2 Å². The van der Waals surface area contributed by atoms with Crippen molar-refractivity contribution in [1.82, 2.24) is 14.8 Å². The summed E-state index contributed by atoms with van der Waals surface area (Å²) in [4.78, 5) is 14.0. The van der Waals surface area contributed by atoms with Crippen LogP contribution in [0.2, 0.25) is 0 Å². The van der Waals surface area contributed by atoms with Gasteiger partial charge in [-0.05, 0) is 43.4 Å². The van der Waals surface area contributed by atoms with E-state index in [2.05, 4.69) is 5.32 Å². The first-order valence-electron chi connectivity index (χ1n) is 9.38. The predicted octanol–water partition coefficient (Wildman–Crippen LogP) is 3.94. The highest BCUT2D eigenvalue weighted by atomic mass is 32.1. The summed E-state index contributed by atoms with van der Waals surface area (Å²) in [5.74, 6) is -0.269. The third-order valence-corrected chi connectivity index (χ3v) is 5.15. The summed E-state index contributed by atoms with van der Waals surface area (Å²) >= 11 is 5.23. The molecule has 0 atom stereocenters. The number of carbonyl (C=O) groups is 1. The van der Waals surface area contributed by atoms with E-state index < -0.39 is 0 Å². The van der Waals surface area contributed by atoms with Gasteiger partial charge >= 0.3 is 0 Å². The lowest BCUT2D eigenvalue weighted by Gasteiger charge is -2.08. The number of nitrogens with one attached hydrogen (secondary N) is 1. The van der Waals surface area contributed by atoms with Crippen molar-refractivity contribution >= 4 is 40.2 Å².